The van der Waals surface area contributed by atoms with E-state index in [0.29, 0.717) is 12.5 Å². The maximum atomic E-state index is 12.5. The van der Waals surface area contributed by atoms with Crippen molar-refractivity contribution in [2.75, 3.05) is 39.3 Å². The molecule has 1 amide bonds. The molecule has 134 valence electrons. The number of amides is 1. The minimum Gasteiger partial charge on any atom is -0.462 e. The quantitative estimate of drug-likeness (QED) is 0.818. The fraction of sp³-hybridized carbons (Fsp3) is 0.556. The summed E-state index contributed by atoms with van der Waals surface area (Å²) in [4.78, 5) is 21.4. The molecule has 0 spiro atoms. The fourth-order valence-electron chi connectivity index (χ4n) is 3.42. The lowest BCUT2D eigenvalue weighted by molar-refractivity contribution is -0.132. The van der Waals surface area contributed by atoms with Crippen LogP contribution in [-0.2, 0) is 16.0 Å². The Bertz CT molecular complexity index is 686. The lowest BCUT2D eigenvalue weighted by atomic mass is 10.2. The van der Waals surface area contributed by atoms with Gasteiger partial charge in [0.1, 0.15) is 0 Å². The molecular weight excluding hydrogens is 338 g/mol. The molecule has 0 aromatic carbocycles. The number of carbonyl (C=O) groups is 1. The molecule has 25 heavy (non-hydrogen) atoms. The van der Waals surface area contributed by atoms with E-state index in [2.05, 4.69) is 9.88 Å². The van der Waals surface area contributed by atoms with Crippen molar-refractivity contribution in [1.82, 2.24) is 14.8 Å². The Morgan fingerprint density at radius 1 is 1.32 bits per heavy atom. The first-order chi connectivity index (χ1) is 12.3. The van der Waals surface area contributed by atoms with Crippen LogP contribution in [0.2, 0.25) is 0 Å². The van der Waals surface area contributed by atoms with Crippen LogP contribution >= 0.6 is 11.3 Å². The second-order valence-corrected chi connectivity index (χ2v) is 7.47. The topological polar surface area (TPSA) is 58.8 Å². The minimum absolute atomic E-state index is 0.160. The number of ether oxygens (including phenoxy) is 1. The van der Waals surface area contributed by atoms with E-state index < -0.39 is 0 Å². The molecule has 2 aromatic heterocycles. The molecular formula is C18H23N3O3S. The average molecular weight is 361 g/mol. The highest BCUT2D eigenvalue weighted by molar-refractivity contribution is 7.13. The zero-order chi connectivity index (χ0) is 17.1. The first-order valence-electron chi connectivity index (χ1n) is 8.88. The predicted molar refractivity (Wildman–Crippen MR) is 95.5 cm³/mol. The van der Waals surface area contributed by atoms with Gasteiger partial charge in [-0.1, -0.05) is 0 Å². The Hall–Kier alpha value is -1.70. The van der Waals surface area contributed by atoms with Gasteiger partial charge in [-0.25, -0.2) is 4.98 Å². The molecule has 7 heteroatoms. The maximum absolute atomic E-state index is 12.5. The third-order valence-electron chi connectivity index (χ3n) is 4.83. The number of hydrogen-bond donors (Lipinski definition) is 0. The largest absolute Gasteiger partial charge is 0.462 e. The maximum Gasteiger partial charge on any atom is 0.228 e. The van der Waals surface area contributed by atoms with Crippen LogP contribution in [0, 0.1) is 0 Å². The second kappa shape index (κ2) is 7.68. The number of hydrogen-bond acceptors (Lipinski definition) is 6. The Morgan fingerprint density at radius 2 is 2.20 bits per heavy atom. The first-order valence-corrected chi connectivity index (χ1v) is 9.76. The standard InChI is InChI=1S/C18H23N3O3S/c22-17(11-14-13-25-18(19-14)16-4-2-10-24-16)21-7-5-20(6-8-21)12-15-3-1-9-23-15/h2,4,10,13,15H,1,3,5-9,11-12H2. The number of thiazole rings is 1. The Morgan fingerprint density at radius 3 is 2.92 bits per heavy atom. The van der Waals surface area contributed by atoms with E-state index in [-0.39, 0.29) is 5.91 Å². The van der Waals surface area contributed by atoms with Crippen molar-refractivity contribution in [3.05, 3.63) is 29.5 Å². The fourth-order valence-corrected chi connectivity index (χ4v) is 4.21. The molecule has 6 nitrogen and oxygen atoms in total. The lowest BCUT2D eigenvalue weighted by Gasteiger charge is -2.35. The summed E-state index contributed by atoms with van der Waals surface area (Å²) in [6.45, 7) is 5.35. The number of furan rings is 1. The summed E-state index contributed by atoms with van der Waals surface area (Å²) in [5, 5.41) is 2.78. The van der Waals surface area contributed by atoms with Crippen molar-refractivity contribution in [1.29, 1.82) is 0 Å². The van der Waals surface area contributed by atoms with E-state index in [1.165, 1.54) is 24.2 Å². The summed E-state index contributed by atoms with van der Waals surface area (Å²) >= 11 is 1.52. The molecule has 2 aliphatic heterocycles. The van der Waals surface area contributed by atoms with Crippen LogP contribution < -0.4 is 0 Å². The third-order valence-corrected chi connectivity index (χ3v) is 5.73. The van der Waals surface area contributed by atoms with Crippen LogP contribution in [0.3, 0.4) is 0 Å². The highest BCUT2D eigenvalue weighted by atomic mass is 32.1. The van der Waals surface area contributed by atoms with E-state index in [0.717, 1.165) is 55.8 Å². The van der Waals surface area contributed by atoms with Crippen LogP contribution in [0.5, 0.6) is 0 Å². The molecule has 2 fully saturated rings. The van der Waals surface area contributed by atoms with Gasteiger partial charge in [-0.3, -0.25) is 9.69 Å². The Balaban J connectivity index is 1.26. The van der Waals surface area contributed by atoms with Crippen molar-refractivity contribution in [3.8, 4) is 10.8 Å². The second-order valence-electron chi connectivity index (χ2n) is 6.61. The van der Waals surface area contributed by atoms with Crippen LogP contribution in [0.4, 0.5) is 0 Å². The molecule has 0 N–H and O–H groups in total. The molecule has 0 radical (unpaired) electrons. The van der Waals surface area contributed by atoms with Gasteiger partial charge in [0.15, 0.2) is 10.8 Å². The smallest absolute Gasteiger partial charge is 0.228 e. The van der Waals surface area contributed by atoms with Crippen molar-refractivity contribution in [2.24, 2.45) is 0 Å². The van der Waals surface area contributed by atoms with Gasteiger partial charge < -0.3 is 14.1 Å². The van der Waals surface area contributed by atoms with Gasteiger partial charge in [0.05, 0.1) is 24.5 Å². The first kappa shape index (κ1) is 16.8. The van der Waals surface area contributed by atoms with E-state index in [1.807, 2.05) is 22.4 Å². The molecule has 4 heterocycles. The van der Waals surface area contributed by atoms with E-state index in [4.69, 9.17) is 9.15 Å². The molecule has 2 saturated heterocycles. The number of carbonyl (C=O) groups excluding carboxylic acids is 1. The monoisotopic (exact) mass is 361 g/mol. The molecule has 0 saturated carbocycles. The Kier molecular flexibility index (Phi) is 5.14. The van der Waals surface area contributed by atoms with Gasteiger partial charge in [-0.05, 0) is 25.0 Å². The van der Waals surface area contributed by atoms with E-state index in [1.54, 1.807) is 6.26 Å². The van der Waals surface area contributed by atoms with Crippen LogP contribution in [0.1, 0.15) is 18.5 Å². The van der Waals surface area contributed by atoms with Crippen molar-refractivity contribution in [2.45, 2.75) is 25.4 Å². The van der Waals surface area contributed by atoms with Crippen molar-refractivity contribution in [3.63, 3.8) is 0 Å². The molecule has 4 rings (SSSR count). The molecule has 2 aromatic rings. The van der Waals surface area contributed by atoms with Gasteiger partial charge >= 0.3 is 0 Å². The van der Waals surface area contributed by atoms with Crippen LogP contribution in [0.15, 0.2) is 28.2 Å². The van der Waals surface area contributed by atoms with E-state index in [9.17, 15) is 4.79 Å². The van der Waals surface area contributed by atoms with Gasteiger partial charge in [0.25, 0.3) is 0 Å². The summed E-state index contributed by atoms with van der Waals surface area (Å²) in [6, 6.07) is 3.73. The van der Waals surface area contributed by atoms with E-state index >= 15 is 0 Å². The number of aromatic nitrogens is 1. The third kappa shape index (κ3) is 4.11. The number of rotatable bonds is 5. The Labute approximate surface area is 151 Å². The molecule has 0 bridgehead atoms. The normalized spacial score (nSPS) is 21.8. The lowest BCUT2D eigenvalue weighted by Crippen LogP contribution is -2.50. The van der Waals surface area contributed by atoms with Gasteiger partial charge in [0.2, 0.25) is 5.91 Å². The SMILES string of the molecule is O=C(Cc1csc(-c2ccco2)n1)N1CCN(CC2CCCO2)CC1. The molecule has 1 atom stereocenters. The summed E-state index contributed by atoms with van der Waals surface area (Å²) in [7, 11) is 0. The minimum atomic E-state index is 0.160. The molecule has 1 unspecified atom stereocenters. The van der Waals surface area contributed by atoms with Crippen LogP contribution in [-0.4, -0.2) is 66.1 Å². The highest BCUT2D eigenvalue weighted by Gasteiger charge is 2.25. The summed E-state index contributed by atoms with van der Waals surface area (Å²) in [5.74, 6) is 0.916. The number of piperazine rings is 1. The zero-order valence-electron chi connectivity index (χ0n) is 14.2. The van der Waals surface area contributed by atoms with Gasteiger partial charge in [-0.2, -0.15) is 0 Å². The van der Waals surface area contributed by atoms with Gasteiger partial charge in [-0.15, -0.1) is 11.3 Å². The highest BCUT2D eigenvalue weighted by Crippen LogP contribution is 2.24. The zero-order valence-corrected chi connectivity index (χ0v) is 15.0. The number of nitrogens with zero attached hydrogens (tertiary/aromatic N) is 3. The predicted octanol–water partition coefficient (Wildman–Crippen LogP) is 2.27. The van der Waals surface area contributed by atoms with Crippen molar-refractivity contribution >= 4 is 17.2 Å². The molecule has 0 aliphatic carbocycles. The van der Waals surface area contributed by atoms with Gasteiger partial charge in [0, 0.05) is 44.7 Å². The average Bonchev–Trinajstić information content (AvgIpc) is 3.38. The summed E-state index contributed by atoms with van der Waals surface area (Å²) in [5.41, 5.74) is 0.822. The van der Waals surface area contributed by atoms with Crippen LogP contribution in [0.25, 0.3) is 10.8 Å². The summed E-state index contributed by atoms with van der Waals surface area (Å²) < 4.78 is 11.1. The summed E-state index contributed by atoms with van der Waals surface area (Å²) in [6.07, 6.45) is 4.73. The molecule has 2 aliphatic rings. The van der Waals surface area contributed by atoms with Crippen molar-refractivity contribution < 1.29 is 13.9 Å².